The summed E-state index contributed by atoms with van der Waals surface area (Å²) in [4.78, 5) is 4.69. The minimum atomic E-state index is -0.400. The zero-order valence-electron chi connectivity index (χ0n) is 16.7. The average Bonchev–Trinajstić information content (AvgIpc) is 2.65. The fraction of sp³-hybridized carbons (Fsp3) is 0.737. The molecule has 0 aromatic rings. The van der Waals surface area contributed by atoms with Crippen LogP contribution >= 0.6 is 12.2 Å². The molecule has 1 N–H and O–H groups in total. The molecule has 3 atom stereocenters. The van der Waals surface area contributed by atoms with Gasteiger partial charge in [0.15, 0.2) is 0 Å². The third-order valence-corrected chi connectivity index (χ3v) is 5.67. The van der Waals surface area contributed by atoms with Crippen LogP contribution in [-0.4, -0.2) is 72.9 Å². The van der Waals surface area contributed by atoms with Crippen LogP contribution in [-0.2, 0) is 9.47 Å². The summed E-state index contributed by atoms with van der Waals surface area (Å²) in [6.07, 6.45) is 1.87. The second-order valence-electron chi connectivity index (χ2n) is 6.65. The Labute approximate surface area is 159 Å². The number of nitrogens with one attached hydrogen (secondary N) is 1. The van der Waals surface area contributed by atoms with Crippen LogP contribution in [0, 0.1) is 0 Å². The largest absolute Gasteiger partial charge is 0.379 e. The average molecular weight is 370 g/mol. The number of hydrogen-bond donors (Lipinski definition) is 1. The van der Waals surface area contributed by atoms with E-state index in [0.29, 0.717) is 0 Å². The third kappa shape index (κ3) is 5.03. The molecule has 0 amide bonds. The van der Waals surface area contributed by atoms with E-state index in [9.17, 15) is 0 Å². The van der Waals surface area contributed by atoms with Crippen molar-refractivity contribution < 1.29 is 9.47 Å². The summed E-state index contributed by atoms with van der Waals surface area (Å²) in [7, 11) is 1.73. The van der Waals surface area contributed by atoms with Crippen molar-refractivity contribution in [2.75, 3.05) is 40.0 Å². The van der Waals surface area contributed by atoms with Crippen LogP contribution in [0.15, 0.2) is 24.0 Å². The molecule has 1 heterocycles. The second kappa shape index (κ2) is 10.3. The van der Waals surface area contributed by atoms with E-state index in [1.54, 1.807) is 12.6 Å². The topological polar surface area (TPSA) is 37.0 Å². The van der Waals surface area contributed by atoms with E-state index >= 15 is 0 Å². The number of methoxy groups -OCH3 is 1. The van der Waals surface area contributed by atoms with E-state index in [1.165, 1.54) is 11.3 Å². The molecule has 0 bridgehead atoms. The van der Waals surface area contributed by atoms with Crippen molar-refractivity contribution in [2.45, 2.75) is 52.3 Å². The van der Waals surface area contributed by atoms with Crippen molar-refractivity contribution >= 4 is 17.7 Å². The van der Waals surface area contributed by atoms with Gasteiger partial charge in [-0.2, -0.15) is 0 Å². The number of hydrogen-bond acceptors (Lipinski definition) is 5. The van der Waals surface area contributed by atoms with Crippen molar-refractivity contribution in [1.29, 1.82) is 0 Å². The normalized spacial score (nSPS) is 21.5. The molecule has 0 aromatic carbocycles. The van der Waals surface area contributed by atoms with Gasteiger partial charge in [0.2, 0.25) is 0 Å². The van der Waals surface area contributed by atoms with Crippen molar-refractivity contribution in [2.24, 2.45) is 0 Å². The summed E-state index contributed by atoms with van der Waals surface area (Å²) < 4.78 is 11.2. The van der Waals surface area contributed by atoms with Crippen LogP contribution in [0.1, 0.15) is 34.6 Å². The van der Waals surface area contributed by atoms with Crippen LogP contribution in [0.4, 0.5) is 0 Å². The maximum Gasteiger partial charge on any atom is 0.0836 e. The quantitative estimate of drug-likeness (QED) is 0.597. The lowest BCUT2D eigenvalue weighted by molar-refractivity contribution is 0.0216. The molecule has 1 aliphatic heterocycles. The Morgan fingerprint density at radius 3 is 2.48 bits per heavy atom. The molecule has 1 rings (SSSR count). The zero-order valence-corrected chi connectivity index (χ0v) is 17.5. The van der Waals surface area contributed by atoms with Gasteiger partial charge in [-0.25, -0.2) is 0 Å². The number of morpholine rings is 1. The van der Waals surface area contributed by atoms with E-state index < -0.39 is 5.54 Å². The number of rotatable bonds is 10. The van der Waals surface area contributed by atoms with Gasteiger partial charge in [-0.1, -0.05) is 18.8 Å². The van der Waals surface area contributed by atoms with E-state index in [0.717, 1.165) is 32.8 Å². The summed E-state index contributed by atoms with van der Waals surface area (Å²) in [6.45, 7) is 19.1. The van der Waals surface area contributed by atoms with Gasteiger partial charge < -0.3 is 19.7 Å². The van der Waals surface area contributed by atoms with Crippen LogP contribution in [0.5, 0.6) is 0 Å². The van der Waals surface area contributed by atoms with Crippen molar-refractivity contribution in [3.8, 4) is 0 Å². The summed E-state index contributed by atoms with van der Waals surface area (Å²) in [5.74, 6) is 0. The molecule has 3 unspecified atom stereocenters. The number of ether oxygens (including phenoxy) is 2. The standard InChI is InChI=1S/C19H35N3O2S/c1-8-21(9-2)18(16(4)22-10-12-24-13-11-22)15(3)19(6,20-14-25)17(5)23-7/h8,14,16-17H,1,9-13H2,2-7H3,(H,20,25)/b18-15-. The zero-order chi connectivity index (χ0) is 19.0. The lowest BCUT2D eigenvalue weighted by Gasteiger charge is -2.43. The molecule has 0 radical (unpaired) electrons. The minimum absolute atomic E-state index is 0.0397. The second-order valence-corrected chi connectivity index (χ2v) is 6.88. The van der Waals surface area contributed by atoms with Crippen LogP contribution in [0.2, 0.25) is 0 Å². The first kappa shape index (κ1) is 22.1. The highest BCUT2D eigenvalue weighted by Crippen LogP contribution is 2.30. The first-order chi connectivity index (χ1) is 11.9. The highest BCUT2D eigenvalue weighted by atomic mass is 32.1. The van der Waals surface area contributed by atoms with Crippen LogP contribution in [0.3, 0.4) is 0 Å². The van der Waals surface area contributed by atoms with Crippen molar-refractivity contribution in [3.05, 3.63) is 24.0 Å². The molecule has 0 aromatic heterocycles. The predicted octanol–water partition coefficient (Wildman–Crippen LogP) is 2.79. The Hall–Kier alpha value is -0.950. The molecular weight excluding hydrogens is 334 g/mol. The monoisotopic (exact) mass is 369 g/mol. The molecule has 5 nitrogen and oxygen atoms in total. The molecule has 6 heteroatoms. The van der Waals surface area contributed by atoms with E-state index in [-0.39, 0.29) is 12.1 Å². The maximum atomic E-state index is 5.67. The maximum absolute atomic E-state index is 5.67. The van der Waals surface area contributed by atoms with E-state index in [1.807, 2.05) is 6.20 Å². The lowest BCUT2D eigenvalue weighted by atomic mass is 9.84. The minimum Gasteiger partial charge on any atom is -0.379 e. The molecule has 0 saturated carbocycles. The predicted molar refractivity (Wildman–Crippen MR) is 109 cm³/mol. The number of thiocarbonyl (C=S) groups is 1. The van der Waals surface area contributed by atoms with Gasteiger partial charge in [0, 0.05) is 38.5 Å². The Morgan fingerprint density at radius 1 is 1.44 bits per heavy atom. The fourth-order valence-corrected chi connectivity index (χ4v) is 3.70. The summed E-state index contributed by atoms with van der Waals surface area (Å²) in [5, 5.41) is 3.35. The van der Waals surface area contributed by atoms with Crippen molar-refractivity contribution in [1.82, 2.24) is 15.1 Å². The van der Waals surface area contributed by atoms with Crippen LogP contribution in [0.25, 0.3) is 0 Å². The van der Waals surface area contributed by atoms with Gasteiger partial charge >= 0.3 is 0 Å². The molecule has 1 saturated heterocycles. The van der Waals surface area contributed by atoms with E-state index in [2.05, 4.69) is 56.3 Å². The molecule has 25 heavy (non-hydrogen) atoms. The molecular formula is C19H35N3O2S. The summed E-state index contributed by atoms with van der Waals surface area (Å²) >= 11 is 5.11. The highest BCUT2D eigenvalue weighted by molar-refractivity contribution is 7.78. The van der Waals surface area contributed by atoms with E-state index in [4.69, 9.17) is 21.7 Å². The summed E-state index contributed by atoms with van der Waals surface area (Å²) in [6, 6.07) is 0.247. The smallest absolute Gasteiger partial charge is 0.0836 e. The van der Waals surface area contributed by atoms with Crippen LogP contribution < -0.4 is 5.32 Å². The lowest BCUT2D eigenvalue weighted by Crippen LogP contribution is -2.54. The molecule has 1 fully saturated rings. The Bertz CT molecular complexity index is 477. The van der Waals surface area contributed by atoms with Gasteiger partial charge in [0.05, 0.1) is 30.3 Å². The van der Waals surface area contributed by atoms with Gasteiger partial charge in [-0.05, 0) is 46.4 Å². The molecule has 144 valence electrons. The number of nitrogens with zero attached hydrogens (tertiary/aromatic N) is 2. The van der Waals surface area contributed by atoms with Gasteiger partial charge in [-0.15, -0.1) is 0 Å². The molecule has 1 aliphatic rings. The molecule has 0 aliphatic carbocycles. The fourth-order valence-electron chi connectivity index (χ4n) is 3.46. The first-order valence-corrected chi connectivity index (χ1v) is 9.50. The Kier molecular flexibility index (Phi) is 9.07. The van der Waals surface area contributed by atoms with Gasteiger partial charge in [0.25, 0.3) is 0 Å². The number of likely N-dealkylation sites (N-methyl/N-ethyl adjacent to an activating group) is 1. The third-order valence-electron chi connectivity index (χ3n) is 5.55. The highest BCUT2D eigenvalue weighted by Gasteiger charge is 2.37. The Balaban J connectivity index is 3.41. The first-order valence-electron chi connectivity index (χ1n) is 9.03. The SMILES string of the molecule is C=CN(CC)/C(=C(/C)C(C)(NC=S)C(C)OC)C(C)N1CCOCC1. The van der Waals surface area contributed by atoms with Crippen molar-refractivity contribution in [3.63, 3.8) is 0 Å². The molecule has 0 spiro atoms. The summed E-state index contributed by atoms with van der Waals surface area (Å²) in [5.41, 5.74) is 3.64. The Morgan fingerprint density at radius 2 is 2.04 bits per heavy atom. The van der Waals surface area contributed by atoms with Gasteiger partial charge in [-0.3, -0.25) is 4.90 Å². The van der Waals surface area contributed by atoms with Gasteiger partial charge in [0.1, 0.15) is 0 Å².